The molecule has 76 valence electrons. The number of nitrogens with two attached hydrogens (primary N) is 1. The summed E-state index contributed by atoms with van der Waals surface area (Å²) in [5, 5.41) is 7.99. The molecular weight excluding hydrogens is 176 g/mol. The van der Waals surface area contributed by atoms with Crippen molar-refractivity contribution in [3.63, 3.8) is 0 Å². The molecular formula is C10H16N4. The van der Waals surface area contributed by atoms with Crippen LogP contribution in [0, 0.1) is 0 Å². The zero-order valence-corrected chi connectivity index (χ0v) is 8.26. The van der Waals surface area contributed by atoms with Crippen LogP contribution in [0.1, 0.15) is 19.3 Å². The van der Waals surface area contributed by atoms with E-state index in [2.05, 4.69) is 15.1 Å². The van der Waals surface area contributed by atoms with E-state index in [0.717, 1.165) is 38.2 Å². The lowest BCUT2D eigenvalue weighted by Crippen LogP contribution is -2.27. The average molecular weight is 192 g/mol. The van der Waals surface area contributed by atoms with E-state index in [0.29, 0.717) is 6.04 Å². The molecule has 4 heteroatoms. The second-order valence-electron chi connectivity index (χ2n) is 3.76. The highest BCUT2D eigenvalue weighted by molar-refractivity contribution is 5.36. The highest BCUT2D eigenvalue weighted by Gasteiger charge is 2.14. The number of hydrogen-bond donors (Lipinski definition) is 1. The van der Waals surface area contributed by atoms with Crippen molar-refractivity contribution in [2.24, 2.45) is 5.73 Å². The lowest BCUT2D eigenvalue weighted by molar-refractivity contribution is 0.601. The summed E-state index contributed by atoms with van der Waals surface area (Å²) in [5.74, 6) is 0.974. The first kappa shape index (κ1) is 9.40. The fraction of sp³-hybridized carbons (Fsp3) is 0.600. The smallest absolute Gasteiger partial charge is 0.151 e. The molecule has 4 nitrogen and oxygen atoms in total. The first-order valence-electron chi connectivity index (χ1n) is 5.14. The summed E-state index contributed by atoms with van der Waals surface area (Å²) < 4.78 is 0. The molecule has 0 bridgehead atoms. The SMILES string of the molecule is NC1CCCN(c2cccnn2)CC1. The van der Waals surface area contributed by atoms with E-state index in [9.17, 15) is 0 Å². The quantitative estimate of drug-likeness (QED) is 0.715. The van der Waals surface area contributed by atoms with E-state index < -0.39 is 0 Å². The Morgan fingerprint density at radius 1 is 1.36 bits per heavy atom. The number of nitrogens with zero attached hydrogens (tertiary/aromatic N) is 3. The molecule has 1 unspecified atom stereocenters. The van der Waals surface area contributed by atoms with Gasteiger partial charge in [-0.1, -0.05) is 0 Å². The zero-order valence-electron chi connectivity index (χ0n) is 8.26. The van der Waals surface area contributed by atoms with Crippen molar-refractivity contribution in [2.75, 3.05) is 18.0 Å². The summed E-state index contributed by atoms with van der Waals surface area (Å²) in [6, 6.07) is 4.29. The molecule has 1 aliphatic heterocycles. The van der Waals surface area contributed by atoms with Crippen molar-refractivity contribution in [1.29, 1.82) is 0 Å². The number of hydrogen-bond acceptors (Lipinski definition) is 4. The Morgan fingerprint density at radius 3 is 3.07 bits per heavy atom. The maximum atomic E-state index is 5.91. The Hall–Kier alpha value is -1.16. The van der Waals surface area contributed by atoms with Crippen LogP contribution in [0.2, 0.25) is 0 Å². The van der Waals surface area contributed by atoms with Gasteiger partial charge in [-0.15, -0.1) is 5.10 Å². The van der Waals surface area contributed by atoms with Gasteiger partial charge in [0.25, 0.3) is 0 Å². The van der Waals surface area contributed by atoms with Crippen LogP contribution in [-0.2, 0) is 0 Å². The van der Waals surface area contributed by atoms with Crippen LogP contribution in [0.25, 0.3) is 0 Å². The van der Waals surface area contributed by atoms with Crippen molar-refractivity contribution in [1.82, 2.24) is 10.2 Å². The van der Waals surface area contributed by atoms with E-state index in [1.54, 1.807) is 6.20 Å². The summed E-state index contributed by atoms with van der Waals surface area (Å²) in [5.41, 5.74) is 5.91. The topological polar surface area (TPSA) is 55.0 Å². The normalized spacial score (nSPS) is 23.2. The molecule has 0 spiro atoms. The van der Waals surface area contributed by atoms with Crippen LogP contribution < -0.4 is 10.6 Å². The molecule has 1 aliphatic rings. The third-order valence-electron chi connectivity index (χ3n) is 2.65. The van der Waals surface area contributed by atoms with Gasteiger partial charge in [-0.25, -0.2) is 0 Å². The Kier molecular flexibility index (Phi) is 2.93. The highest BCUT2D eigenvalue weighted by Crippen LogP contribution is 2.15. The Morgan fingerprint density at radius 2 is 2.29 bits per heavy atom. The van der Waals surface area contributed by atoms with Gasteiger partial charge in [-0.3, -0.25) is 0 Å². The number of anilines is 1. The minimum atomic E-state index is 0.358. The first-order chi connectivity index (χ1) is 6.86. The molecule has 0 aromatic carbocycles. The summed E-state index contributed by atoms with van der Waals surface area (Å²) in [6.07, 6.45) is 5.03. The molecule has 1 aromatic rings. The van der Waals surface area contributed by atoms with Crippen molar-refractivity contribution >= 4 is 5.82 Å². The van der Waals surface area contributed by atoms with E-state index in [1.165, 1.54) is 0 Å². The predicted molar refractivity (Wildman–Crippen MR) is 56.1 cm³/mol. The molecule has 1 aromatic heterocycles. The molecule has 1 atom stereocenters. The molecule has 14 heavy (non-hydrogen) atoms. The number of rotatable bonds is 1. The number of aromatic nitrogens is 2. The fourth-order valence-electron chi connectivity index (χ4n) is 1.81. The molecule has 0 radical (unpaired) electrons. The zero-order chi connectivity index (χ0) is 9.80. The highest BCUT2D eigenvalue weighted by atomic mass is 15.3. The van der Waals surface area contributed by atoms with Crippen molar-refractivity contribution in [3.05, 3.63) is 18.3 Å². The minimum absolute atomic E-state index is 0.358. The Balaban J connectivity index is 2.04. The van der Waals surface area contributed by atoms with Crippen molar-refractivity contribution < 1.29 is 0 Å². The van der Waals surface area contributed by atoms with Gasteiger partial charge in [0.05, 0.1) is 0 Å². The van der Waals surface area contributed by atoms with E-state index >= 15 is 0 Å². The van der Waals surface area contributed by atoms with Gasteiger partial charge < -0.3 is 10.6 Å². The molecule has 0 amide bonds. The summed E-state index contributed by atoms with van der Waals surface area (Å²) in [4.78, 5) is 2.26. The second-order valence-corrected chi connectivity index (χ2v) is 3.76. The molecule has 2 heterocycles. The lowest BCUT2D eigenvalue weighted by atomic mass is 10.1. The van der Waals surface area contributed by atoms with Crippen LogP contribution in [0.3, 0.4) is 0 Å². The van der Waals surface area contributed by atoms with Crippen molar-refractivity contribution in [3.8, 4) is 0 Å². The summed E-state index contributed by atoms with van der Waals surface area (Å²) >= 11 is 0. The second kappa shape index (κ2) is 4.37. The largest absolute Gasteiger partial charge is 0.355 e. The lowest BCUT2D eigenvalue weighted by Gasteiger charge is -2.20. The van der Waals surface area contributed by atoms with Crippen LogP contribution in [0.4, 0.5) is 5.82 Å². The Bertz CT molecular complexity index is 275. The standard InChI is InChI=1S/C10H16N4/c11-9-3-2-7-14(8-5-9)10-4-1-6-12-13-10/h1,4,6,9H,2-3,5,7-8,11H2. The summed E-state index contributed by atoms with van der Waals surface area (Å²) in [6.45, 7) is 2.05. The van der Waals surface area contributed by atoms with Gasteiger partial charge in [-0.2, -0.15) is 5.10 Å². The van der Waals surface area contributed by atoms with Gasteiger partial charge in [0.1, 0.15) is 0 Å². The van der Waals surface area contributed by atoms with E-state index in [-0.39, 0.29) is 0 Å². The monoisotopic (exact) mass is 192 g/mol. The average Bonchev–Trinajstić information content (AvgIpc) is 2.44. The molecule has 0 saturated carbocycles. The molecule has 2 N–H and O–H groups in total. The van der Waals surface area contributed by atoms with Crippen molar-refractivity contribution in [2.45, 2.75) is 25.3 Å². The predicted octanol–water partition coefficient (Wildman–Crippen LogP) is 0.794. The Labute approximate surface area is 84.1 Å². The van der Waals surface area contributed by atoms with Gasteiger partial charge in [0.15, 0.2) is 5.82 Å². The van der Waals surface area contributed by atoms with Crippen LogP contribution in [0.15, 0.2) is 18.3 Å². The fourth-order valence-corrected chi connectivity index (χ4v) is 1.81. The van der Waals surface area contributed by atoms with E-state index in [4.69, 9.17) is 5.73 Å². The third kappa shape index (κ3) is 2.20. The van der Waals surface area contributed by atoms with Crippen LogP contribution >= 0.6 is 0 Å². The molecule has 2 rings (SSSR count). The van der Waals surface area contributed by atoms with Crippen LogP contribution in [0.5, 0.6) is 0 Å². The first-order valence-corrected chi connectivity index (χ1v) is 5.14. The maximum Gasteiger partial charge on any atom is 0.151 e. The molecule has 1 fully saturated rings. The maximum absolute atomic E-state index is 5.91. The minimum Gasteiger partial charge on any atom is -0.355 e. The van der Waals surface area contributed by atoms with Gasteiger partial charge in [0, 0.05) is 25.3 Å². The molecule has 0 aliphatic carbocycles. The van der Waals surface area contributed by atoms with Gasteiger partial charge in [-0.05, 0) is 31.4 Å². The van der Waals surface area contributed by atoms with Gasteiger partial charge in [0.2, 0.25) is 0 Å². The van der Waals surface area contributed by atoms with E-state index in [1.807, 2.05) is 12.1 Å². The third-order valence-corrected chi connectivity index (χ3v) is 2.65. The van der Waals surface area contributed by atoms with Crippen LogP contribution in [-0.4, -0.2) is 29.3 Å². The summed E-state index contributed by atoms with van der Waals surface area (Å²) in [7, 11) is 0. The van der Waals surface area contributed by atoms with Gasteiger partial charge >= 0.3 is 0 Å². The molecule has 1 saturated heterocycles.